The van der Waals surface area contributed by atoms with E-state index >= 15 is 0 Å². The summed E-state index contributed by atoms with van der Waals surface area (Å²) >= 11 is 0. The van der Waals surface area contributed by atoms with Crippen LogP contribution in [0.3, 0.4) is 0 Å². The van der Waals surface area contributed by atoms with Crippen LogP contribution >= 0.6 is 0 Å². The largest absolute Gasteiger partial charge is 0.381 e. The lowest BCUT2D eigenvalue weighted by Crippen LogP contribution is -2.44. The van der Waals surface area contributed by atoms with Gasteiger partial charge in [0.15, 0.2) is 0 Å². The summed E-state index contributed by atoms with van der Waals surface area (Å²) in [6.07, 6.45) is 9.34. The van der Waals surface area contributed by atoms with Gasteiger partial charge in [0.2, 0.25) is 0 Å². The number of nitrogens with one attached hydrogen (secondary N) is 1. The van der Waals surface area contributed by atoms with Crippen LogP contribution < -0.4 is 5.32 Å². The zero-order valence-corrected chi connectivity index (χ0v) is 13.2. The van der Waals surface area contributed by atoms with Gasteiger partial charge in [-0.25, -0.2) is 0 Å². The molecule has 0 aromatic carbocycles. The minimum atomic E-state index is 0.122. The van der Waals surface area contributed by atoms with E-state index in [4.69, 9.17) is 9.47 Å². The highest BCUT2D eigenvalue weighted by molar-refractivity contribution is 5.07. The Balaban J connectivity index is 1.80. The molecule has 2 heterocycles. The molecule has 1 unspecified atom stereocenters. The smallest absolute Gasteiger partial charge is 0.0732 e. The lowest BCUT2D eigenvalue weighted by atomic mass is 9.78. The average Bonchev–Trinajstić information content (AvgIpc) is 2.48. The first-order valence-corrected chi connectivity index (χ1v) is 8.35. The number of hydrogen-bond acceptors (Lipinski definition) is 3. The van der Waals surface area contributed by atoms with E-state index in [0.717, 1.165) is 52.2 Å². The molecule has 0 amide bonds. The van der Waals surface area contributed by atoms with Crippen LogP contribution in [-0.4, -0.2) is 38.5 Å². The maximum absolute atomic E-state index is 6.12. The van der Waals surface area contributed by atoms with Gasteiger partial charge in [0, 0.05) is 19.8 Å². The summed E-state index contributed by atoms with van der Waals surface area (Å²) in [6, 6.07) is 0. The van der Waals surface area contributed by atoms with Crippen molar-refractivity contribution in [3.8, 4) is 0 Å². The predicted octanol–water partition coefficient (Wildman–Crippen LogP) is 3.30. The van der Waals surface area contributed by atoms with E-state index < -0.39 is 0 Å². The number of rotatable bonds is 6. The summed E-state index contributed by atoms with van der Waals surface area (Å²) in [7, 11) is 0. The lowest BCUT2D eigenvalue weighted by Gasteiger charge is -2.43. The van der Waals surface area contributed by atoms with Crippen molar-refractivity contribution >= 4 is 0 Å². The van der Waals surface area contributed by atoms with Crippen LogP contribution in [0.4, 0.5) is 0 Å². The van der Waals surface area contributed by atoms with Gasteiger partial charge in [0.25, 0.3) is 0 Å². The molecule has 0 bridgehead atoms. The van der Waals surface area contributed by atoms with Crippen LogP contribution in [-0.2, 0) is 9.47 Å². The highest BCUT2D eigenvalue weighted by Gasteiger charge is 2.39. The summed E-state index contributed by atoms with van der Waals surface area (Å²) in [6.45, 7) is 9.42. The molecule has 20 heavy (non-hydrogen) atoms. The quantitative estimate of drug-likeness (QED) is 0.598. The van der Waals surface area contributed by atoms with Crippen LogP contribution in [0.15, 0.2) is 11.6 Å². The van der Waals surface area contributed by atoms with E-state index in [1.807, 2.05) is 0 Å². The van der Waals surface area contributed by atoms with Crippen LogP contribution in [0.25, 0.3) is 0 Å². The molecule has 0 aromatic heterocycles. The van der Waals surface area contributed by atoms with Crippen molar-refractivity contribution in [1.82, 2.24) is 5.32 Å². The fraction of sp³-hybridized carbons (Fsp3) is 0.882. The summed E-state index contributed by atoms with van der Waals surface area (Å²) in [5, 5.41) is 3.46. The van der Waals surface area contributed by atoms with Crippen LogP contribution in [0.5, 0.6) is 0 Å². The number of allylic oxidation sites excluding steroid dienone is 1. The third-order valence-corrected chi connectivity index (χ3v) is 4.76. The molecule has 3 heteroatoms. The van der Waals surface area contributed by atoms with Gasteiger partial charge in [0.05, 0.1) is 5.60 Å². The van der Waals surface area contributed by atoms with Gasteiger partial charge in [-0.1, -0.05) is 18.6 Å². The molecule has 2 aliphatic rings. The molecule has 1 spiro atoms. The predicted molar refractivity (Wildman–Crippen MR) is 83.0 cm³/mol. The third-order valence-electron chi connectivity index (χ3n) is 4.76. The van der Waals surface area contributed by atoms with E-state index in [2.05, 4.69) is 25.2 Å². The fourth-order valence-corrected chi connectivity index (χ4v) is 3.38. The van der Waals surface area contributed by atoms with Crippen LogP contribution in [0, 0.1) is 5.92 Å². The highest BCUT2D eigenvalue weighted by Crippen LogP contribution is 2.39. The molecule has 2 rings (SSSR count). The Labute approximate surface area is 124 Å². The molecule has 0 aliphatic carbocycles. The van der Waals surface area contributed by atoms with Crippen LogP contribution in [0.2, 0.25) is 0 Å². The summed E-state index contributed by atoms with van der Waals surface area (Å²) in [4.78, 5) is 0. The molecule has 2 fully saturated rings. The van der Waals surface area contributed by atoms with Crippen LogP contribution in [0.1, 0.15) is 52.4 Å². The summed E-state index contributed by atoms with van der Waals surface area (Å²) < 4.78 is 11.6. The Hall–Kier alpha value is -0.380. The maximum Gasteiger partial charge on any atom is 0.0732 e. The molecule has 1 N–H and O–H groups in total. The minimum Gasteiger partial charge on any atom is -0.381 e. The summed E-state index contributed by atoms with van der Waals surface area (Å²) in [5.41, 5.74) is 1.69. The first-order valence-electron chi connectivity index (χ1n) is 8.35. The summed E-state index contributed by atoms with van der Waals surface area (Å²) in [5.74, 6) is 0.716. The van der Waals surface area contributed by atoms with Gasteiger partial charge in [0.1, 0.15) is 0 Å². The second-order valence-electron chi connectivity index (χ2n) is 6.32. The Morgan fingerprint density at radius 2 is 2.05 bits per heavy atom. The van der Waals surface area contributed by atoms with Crippen molar-refractivity contribution in [2.75, 3.05) is 32.9 Å². The molecule has 1 atom stereocenters. The van der Waals surface area contributed by atoms with E-state index in [9.17, 15) is 0 Å². The standard InChI is InChI=1S/C17H31NO2/c1-3-9-18-10-4-5-15(2)16-6-11-20-17(14-16)7-12-19-13-8-17/h5,16,18H,3-4,6-14H2,1-2H3/b15-5-. The van der Waals surface area contributed by atoms with E-state index in [1.165, 1.54) is 19.3 Å². The number of ether oxygens (including phenoxy) is 2. The van der Waals surface area contributed by atoms with Gasteiger partial charge in [-0.2, -0.15) is 0 Å². The topological polar surface area (TPSA) is 30.5 Å². The molecule has 0 aromatic rings. The fourth-order valence-electron chi connectivity index (χ4n) is 3.38. The van der Waals surface area contributed by atoms with Gasteiger partial charge < -0.3 is 14.8 Å². The maximum atomic E-state index is 6.12. The molecule has 2 aliphatic heterocycles. The Morgan fingerprint density at radius 3 is 2.80 bits per heavy atom. The SMILES string of the molecule is CCCNCC/C=C(/C)C1CCOC2(CCOCC2)C1. The van der Waals surface area contributed by atoms with Crippen molar-refractivity contribution < 1.29 is 9.47 Å². The normalized spacial score (nSPS) is 26.9. The van der Waals surface area contributed by atoms with E-state index in [1.54, 1.807) is 5.57 Å². The van der Waals surface area contributed by atoms with Gasteiger partial charge in [-0.3, -0.25) is 0 Å². The van der Waals surface area contributed by atoms with Gasteiger partial charge in [-0.15, -0.1) is 0 Å². The zero-order chi connectivity index (χ0) is 14.3. The minimum absolute atomic E-state index is 0.122. The third kappa shape index (κ3) is 4.57. The molecule has 3 nitrogen and oxygen atoms in total. The average molecular weight is 281 g/mol. The van der Waals surface area contributed by atoms with Crippen molar-refractivity contribution in [3.63, 3.8) is 0 Å². The second-order valence-corrected chi connectivity index (χ2v) is 6.32. The monoisotopic (exact) mass is 281 g/mol. The van der Waals surface area contributed by atoms with Gasteiger partial charge in [-0.05, 0) is 64.5 Å². The number of hydrogen-bond donors (Lipinski definition) is 1. The van der Waals surface area contributed by atoms with Crippen molar-refractivity contribution in [3.05, 3.63) is 11.6 Å². The lowest BCUT2D eigenvalue weighted by molar-refractivity contribution is -0.143. The van der Waals surface area contributed by atoms with Crippen molar-refractivity contribution in [2.45, 2.75) is 58.0 Å². The Morgan fingerprint density at radius 1 is 1.25 bits per heavy atom. The molecular weight excluding hydrogens is 250 g/mol. The van der Waals surface area contributed by atoms with E-state index in [0.29, 0.717) is 5.92 Å². The first kappa shape index (κ1) is 16.0. The Kier molecular flexibility index (Phi) is 6.53. The molecule has 0 radical (unpaired) electrons. The Bertz CT molecular complexity index is 303. The molecule has 0 saturated carbocycles. The van der Waals surface area contributed by atoms with Crippen molar-refractivity contribution in [1.29, 1.82) is 0 Å². The molecular formula is C17H31NO2. The van der Waals surface area contributed by atoms with Gasteiger partial charge >= 0.3 is 0 Å². The highest BCUT2D eigenvalue weighted by atomic mass is 16.5. The van der Waals surface area contributed by atoms with E-state index in [-0.39, 0.29) is 5.60 Å². The second kappa shape index (κ2) is 8.16. The molecule has 2 saturated heterocycles. The molecule has 116 valence electrons. The van der Waals surface area contributed by atoms with Crippen molar-refractivity contribution in [2.24, 2.45) is 5.92 Å². The first-order chi connectivity index (χ1) is 9.76. The zero-order valence-electron chi connectivity index (χ0n) is 13.2.